The Kier molecular flexibility index (Phi) is 7.81. The summed E-state index contributed by atoms with van der Waals surface area (Å²) in [7, 11) is 0. The summed E-state index contributed by atoms with van der Waals surface area (Å²) in [6.07, 6.45) is 0. The van der Waals surface area contributed by atoms with Gasteiger partial charge in [-0.05, 0) is 87.0 Å². The van der Waals surface area contributed by atoms with Crippen molar-refractivity contribution in [2.75, 3.05) is 0 Å². The number of benzene rings is 7. The fraction of sp³-hybridized carbons (Fsp3) is 0.0577. The molecule has 3 heteroatoms. The van der Waals surface area contributed by atoms with Gasteiger partial charge >= 0.3 is 0 Å². The number of fused-ring (bicyclic) bond motifs is 4. The molecule has 0 amide bonds. The Labute approximate surface area is 321 Å². The lowest BCUT2D eigenvalue weighted by Gasteiger charge is -2.22. The molecule has 10 rings (SSSR count). The molecule has 0 N–H and O–H groups in total. The Morgan fingerprint density at radius 1 is 0.327 bits per heavy atom. The highest BCUT2D eigenvalue weighted by atomic mass is 14.9. The highest BCUT2D eigenvalue weighted by Crippen LogP contribution is 2.51. The van der Waals surface area contributed by atoms with Gasteiger partial charge in [-0.15, -0.1) is 0 Å². The lowest BCUT2D eigenvalue weighted by atomic mass is 9.82. The van der Waals surface area contributed by atoms with E-state index in [0.717, 1.165) is 72.5 Å². The standard InChI is InChI=1S/C52H37N3/c1-52(2)45-26-16-15-25-41(45)43-30-44-42(31-47(35-19-9-4-10-20-35)53-50(44)32-46(43)52)39-27-38(34-17-7-3-8-18-34)28-40(29-39)51-54-48(36-21-11-5-12-22-36)33-49(55-51)37-23-13-6-14-24-37/h3-33H,1-2H3. The van der Waals surface area contributed by atoms with Crippen LogP contribution in [0, 0.1) is 0 Å². The molecule has 7 aromatic carbocycles. The van der Waals surface area contributed by atoms with Gasteiger partial charge in [-0.2, -0.15) is 0 Å². The lowest BCUT2D eigenvalue weighted by molar-refractivity contribution is 0.661. The number of hydrogen-bond donors (Lipinski definition) is 0. The minimum atomic E-state index is -0.136. The van der Waals surface area contributed by atoms with Crippen molar-refractivity contribution in [2.24, 2.45) is 0 Å². The van der Waals surface area contributed by atoms with Crippen LogP contribution in [0.25, 0.3) is 89.4 Å². The van der Waals surface area contributed by atoms with Crippen molar-refractivity contribution in [1.82, 2.24) is 15.0 Å². The van der Waals surface area contributed by atoms with E-state index in [1.54, 1.807) is 0 Å². The van der Waals surface area contributed by atoms with Crippen LogP contribution in [0.5, 0.6) is 0 Å². The Morgan fingerprint density at radius 2 is 0.818 bits per heavy atom. The van der Waals surface area contributed by atoms with Crippen LogP contribution < -0.4 is 0 Å². The molecular formula is C52H37N3. The van der Waals surface area contributed by atoms with E-state index < -0.39 is 0 Å². The van der Waals surface area contributed by atoms with Crippen molar-refractivity contribution < 1.29 is 0 Å². The van der Waals surface area contributed by atoms with Crippen molar-refractivity contribution in [1.29, 1.82) is 0 Å². The van der Waals surface area contributed by atoms with Crippen molar-refractivity contribution in [3.8, 4) is 78.5 Å². The van der Waals surface area contributed by atoms with Crippen LogP contribution in [-0.4, -0.2) is 15.0 Å². The van der Waals surface area contributed by atoms with Gasteiger partial charge in [0.25, 0.3) is 0 Å². The minimum absolute atomic E-state index is 0.136. The fourth-order valence-corrected chi connectivity index (χ4v) is 8.22. The molecule has 0 spiro atoms. The molecule has 55 heavy (non-hydrogen) atoms. The molecule has 0 fully saturated rings. The molecule has 0 aliphatic heterocycles. The first-order chi connectivity index (χ1) is 27.0. The second-order valence-electron chi connectivity index (χ2n) is 14.9. The van der Waals surface area contributed by atoms with Crippen molar-refractivity contribution >= 4 is 10.9 Å². The van der Waals surface area contributed by atoms with E-state index >= 15 is 0 Å². The average molecular weight is 704 g/mol. The molecule has 0 unspecified atom stereocenters. The maximum Gasteiger partial charge on any atom is 0.160 e. The third-order valence-corrected chi connectivity index (χ3v) is 11.1. The zero-order valence-electron chi connectivity index (χ0n) is 30.7. The molecule has 3 nitrogen and oxygen atoms in total. The summed E-state index contributed by atoms with van der Waals surface area (Å²) >= 11 is 0. The van der Waals surface area contributed by atoms with Gasteiger partial charge in [0.1, 0.15) is 0 Å². The van der Waals surface area contributed by atoms with E-state index in [1.807, 2.05) is 12.1 Å². The Balaban J connectivity index is 1.26. The largest absolute Gasteiger partial charge is 0.248 e. The lowest BCUT2D eigenvalue weighted by Crippen LogP contribution is -2.14. The second-order valence-corrected chi connectivity index (χ2v) is 14.9. The van der Waals surface area contributed by atoms with E-state index in [9.17, 15) is 0 Å². The van der Waals surface area contributed by atoms with Crippen molar-refractivity contribution in [2.45, 2.75) is 19.3 Å². The molecule has 1 aliphatic carbocycles. The van der Waals surface area contributed by atoms with E-state index in [2.05, 4.69) is 190 Å². The summed E-state index contributed by atoms with van der Waals surface area (Å²) < 4.78 is 0. The zero-order valence-corrected chi connectivity index (χ0v) is 30.7. The van der Waals surface area contributed by atoms with E-state index in [1.165, 1.54) is 22.3 Å². The third-order valence-electron chi connectivity index (χ3n) is 11.1. The van der Waals surface area contributed by atoms with Gasteiger partial charge in [0.05, 0.1) is 22.6 Å². The summed E-state index contributed by atoms with van der Waals surface area (Å²) in [6.45, 7) is 4.66. The predicted octanol–water partition coefficient (Wildman–Crippen LogP) is 13.3. The Hall–Kier alpha value is -6.97. The van der Waals surface area contributed by atoms with Gasteiger partial charge < -0.3 is 0 Å². The van der Waals surface area contributed by atoms with Gasteiger partial charge in [0, 0.05) is 33.1 Å². The SMILES string of the molecule is CC1(C)c2ccccc2-c2cc3c(-c4cc(-c5ccccc5)cc(-c5nc(-c6ccccc6)cc(-c6ccccc6)n5)c4)cc(-c4ccccc4)nc3cc21. The van der Waals surface area contributed by atoms with Crippen LogP contribution in [0.15, 0.2) is 188 Å². The Bertz CT molecular complexity index is 2810. The highest BCUT2D eigenvalue weighted by molar-refractivity contribution is 6.02. The molecule has 0 saturated heterocycles. The first-order valence-corrected chi connectivity index (χ1v) is 18.9. The summed E-state index contributed by atoms with van der Waals surface area (Å²) in [6, 6.07) is 66.6. The zero-order chi connectivity index (χ0) is 36.9. The molecule has 2 heterocycles. The molecule has 2 aromatic heterocycles. The topological polar surface area (TPSA) is 38.7 Å². The molecular weight excluding hydrogens is 667 g/mol. The quantitative estimate of drug-likeness (QED) is 0.173. The van der Waals surface area contributed by atoms with Crippen LogP contribution in [0.4, 0.5) is 0 Å². The monoisotopic (exact) mass is 703 g/mol. The van der Waals surface area contributed by atoms with E-state index in [0.29, 0.717) is 5.82 Å². The van der Waals surface area contributed by atoms with E-state index in [-0.39, 0.29) is 5.41 Å². The number of hydrogen-bond acceptors (Lipinski definition) is 3. The van der Waals surface area contributed by atoms with Crippen LogP contribution in [0.2, 0.25) is 0 Å². The molecule has 260 valence electrons. The van der Waals surface area contributed by atoms with Crippen molar-refractivity contribution in [3.05, 3.63) is 199 Å². The molecule has 0 bridgehead atoms. The van der Waals surface area contributed by atoms with Crippen LogP contribution >= 0.6 is 0 Å². The minimum Gasteiger partial charge on any atom is -0.248 e. The average Bonchev–Trinajstić information content (AvgIpc) is 3.48. The van der Waals surface area contributed by atoms with Gasteiger partial charge in [-0.3, -0.25) is 0 Å². The third kappa shape index (κ3) is 5.82. The van der Waals surface area contributed by atoms with E-state index in [4.69, 9.17) is 15.0 Å². The molecule has 1 aliphatic rings. The highest BCUT2D eigenvalue weighted by Gasteiger charge is 2.36. The molecule has 9 aromatic rings. The summed E-state index contributed by atoms with van der Waals surface area (Å²) in [5.41, 5.74) is 17.3. The Morgan fingerprint density at radius 3 is 1.42 bits per heavy atom. The normalized spacial score (nSPS) is 12.7. The number of pyridine rings is 1. The van der Waals surface area contributed by atoms with Crippen molar-refractivity contribution in [3.63, 3.8) is 0 Å². The summed E-state index contributed by atoms with van der Waals surface area (Å²) in [5.74, 6) is 0.678. The smallest absolute Gasteiger partial charge is 0.160 e. The second kappa shape index (κ2) is 13.2. The summed E-state index contributed by atoms with van der Waals surface area (Å²) in [4.78, 5) is 15.9. The molecule has 0 radical (unpaired) electrons. The predicted molar refractivity (Wildman–Crippen MR) is 228 cm³/mol. The maximum atomic E-state index is 5.36. The van der Waals surface area contributed by atoms with Crippen LogP contribution in [0.3, 0.4) is 0 Å². The maximum absolute atomic E-state index is 5.36. The first kappa shape index (κ1) is 32.7. The first-order valence-electron chi connectivity index (χ1n) is 18.9. The molecule has 0 saturated carbocycles. The number of rotatable bonds is 6. The van der Waals surface area contributed by atoms with Gasteiger partial charge in [0.15, 0.2) is 5.82 Å². The van der Waals surface area contributed by atoms with Gasteiger partial charge in [-0.1, -0.05) is 159 Å². The van der Waals surface area contributed by atoms with Gasteiger partial charge in [0.2, 0.25) is 0 Å². The van der Waals surface area contributed by atoms with Crippen LogP contribution in [0.1, 0.15) is 25.0 Å². The van der Waals surface area contributed by atoms with Gasteiger partial charge in [-0.25, -0.2) is 15.0 Å². The summed E-state index contributed by atoms with van der Waals surface area (Å²) in [5, 5.41) is 1.12. The van der Waals surface area contributed by atoms with Crippen LogP contribution in [-0.2, 0) is 5.41 Å². The number of aromatic nitrogens is 3. The fourth-order valence-electron chi connectivity index (χ4n) is 8.22. The number of nitrogens with zero attached hydrogens (tertiary/aromatic N) is 3. The molecule has 0 atom stereocenters.